The molecule has 0 aliphatic heterocycles. The van der Waals surface area contributed by atoms with E-state index in [4.69, 9.17) is 5.73 Å². The summed E-state index contributed by atoms with van der Waals surface area (Å²) >= 11 is 0. The third kappa shape index (κ3) is 5.24. The van der Waals surface area contributed by atoms with Crippen molar-refractivity contribution in [3.05, 3.63) is 0 Å². The van der Waals surface area contributed by atoms with Gasteiger partial charge in [-0.15, -0.1) is 0 Å². The Kier molecular flexibility index (Phi) is 4.49. The summed E-state index contributed by atoms with van der Waals surface area (Å²) in [7, 11) is 0. The Labute approximate surface area is 60.5 Å². The van der Waals surface area contributed by atoms with Crippen molar-refractivity contribution in [3.8, 4) is 0 Å². The highest BCUT2D eigenvalue weighted by Gasteiger charge is 1.90. The maximum Gasteiger partial charge on any atom is 0.239 e. The molecule has 0 aliphatic rings. The lowest BCUT2D eigenvalue weighted by atomic mass is 10.4. The summed E-state index contributed by atoms with van der Waals surface area (Å²) < 4.78 is 0. The highest BCUT2D eigenvalue weighted by molar-refractivity contribution is 5.76. The molecule has 0 saturated heterocycles. The van der Waals surface area contributed by atoms with Crippen LogP contribution >= 0.6 is 0 Å². The molecule has 0 saturated carbocycles. The molecule has 0 aromatic carbocycles. The van der Waals surface area contributed by atoms with E-state index in [1.165, 1.54) is 6.21 Å². The molecule has 1 unspecified atom stereocenters. The second kappa shape index (κ2) is 4.93. The van der Waals surface area contributed by atoms with E-state index in [9.17, 15) is 4.79 Å². The van der Waals surface area contributed by atoms with Crippen molar-refractivity contribution >= 4 is 12.1 Å². The molecule has 0 radical (unpaired) electrons. The first-order chi connectivity index (χ1) is 4.66. The molecule has 58 valence electrons. The number of nitrogens with one attached hydrogen (secondary N) is 1. The average molecular weight is 143 g/mol. The summed E-state index contributed by atoms with van der Waals surface area (Å²) in [6.07, 6.45) is 1.92. The SMILES string of the molecule is CCC(=O)NN=CC(C)N. The van der Waals surface area contributed by atoms with Crippen molar-refractivity contribution in [1.82, 2.24) is 5.43 Å². The molecule has 0 aliphatic carbocycles. The van der Waals surface area contributed by atoms with Crippen LogP contribution in [-0.2, 0) is 4.79 Å². The molecule has 0 bridgehead atoms. The van der Waals surface area contributed by atoms with Gasteiger partial charge in [0, 0.05) is 18.7 Å². The summed E-state index contributed by atoms with van der Waals surface area (Å²) in [5.41, 5.74) is 7.63. The van der Waals surface area contributed by atoms with Gasteiger partial charge in [0.1, 0.15) is 0 Å². The second-order valence-electron chi connectivity index (χ2n) is 2.03. The van der Waals surface area contributed by atoms with Crippen LogP contribution in [0.1, 0.15) is 20.3 Å². The molecule has 1 amide bonds. The number of hydrogen-bond acceptors (Lipinski definition) is 3. The largest absolute Gasteiger partial charge is 0.323 e. The zero-order valence-corrected chi connectivity index (χ0v) is 6.29. The van der Waals surface area contributed by atoms with E-state index in [1.54, 1.807) is 13.8 Å². The predicted octanol–water partition coefficient (Wildman–Crippen LogP) is -0.154. The number of amides is 1. The second-order valence-corrected chi connectivity index (χ2v) is 2.03. The fourth-order valence-electron chi connectivity index (χ4n) is 0.306. The van der Waals surface area contributed by atoms with Crippen LogP contribution in [0.2, 0.25) is 0 Å². The first kappa shape index (κ1) is 9.10. The third-order valence-corrected chi connectivity index (χ3v) is 0.820. The molecule has 0 aromatic heterocycles. The molecule has 10 heavy (non-hydrogen) atoms. The monoisotopic (exact) mass is 143 g/mol. The summed E-state index contributed by atoms with van der Waals surface area (Å²) in [6, 6.07) is -0.114. The summed E-state index contributed by atoms with van der Waals surface area (Å²) in [5, 5.41) is 3.59. The Morgan fingerprint density at radius 3 is 2.90 bits per heavy atom. The molecular weight excluding hydrogens is 130 g/mol. The van der Waals surface area contributed by atoms with Gasteiger partial charge in [-0.3, -0.25) is 4.79 Å². The van der Waals surface area contributed by atoms with Crippen LogP contribution in [0.4, 0.5) is 0 Å². The molecule has 0 aromatic rings. The topological polar surface area (TPSA) is 67.5 Å². The van der Waals surface area contributed by atoms with Crippen LogP contribution in [-0.4, -0.2) is 18.2 Å². The van der Waals surface area contributed by atoms with Gasteiger partial charge in [0.15, 0.2) is 0 Å². The van der Waals surface area contributed by atoms with Gasteiger partial charge in [0.25, 0.3) is 0 Å². The number of rotatable bonds is 3. The van der Waals surface area contributed by atoms with E-state index < -0.39 is 0 Å². The average Bonchev–Trinajstić information content (AvgIpc) is 1.87. The van der Waals surface area contributed by atoms with Gasteiger partial charge in [-0.1, -0.05) is 6.92 Å². The number of nitrogens with two attached hydrogens (primary N) is 1. The maximum absolute atomic E-state index is 10.5. The van der Waals surface area contributed by atoms with Crippen LogP contribution in [0.15, 0.2) is 5.10 Å². The molecule has 1 atom stereocenters. The van der Waals surface area contributed by atoms with Crippen LogP contribution in [0.5, 0.6) is 0 Å². The van der Waals surface area contributed by atoms with Gasteiger partial charge in [0.05, 0.1) is 0 Å². The molecule has 0 spiro atoms. The number of hydrazone groups is 1. The number of hydrogen-bond donors (Lipinski definition) is 2. The van der Waals surface area contributed by atoms with Gasteiger partial charge in [-0.05, 0) is 6.92 Å². The van der Waals surface area contributed by atoms with Crippen molar-refractivity contribution in [3.63, 3.8) is 0 Å². The van der Waals surface area contributed by atoms with Crippen molar-refractivity contribution in [2.75, 3.05) is 0 Å². The quantitative estimate of drug-likeness (QED) is 0.426. The minimum Gasteiger partial charge on any atom is -0.323 e. The maximum atomic E-state index is 10.5. The zero-order chi connectivity index (χ0) is 7.98. The Morgan fingerprint density at radius 1 is 1.90 bits per heavy atom. The normalized spacial score (nSPS) is 13.5. The summed E-state index contributed by atoms with van der Waals surface area (Å²) in [6.45, 7) is 3.54. The number of carbonyl (C=O) groups is 1. The van der Waals surface area contributed by atoms with E-state index in [1.807, 2.05) is 0 Å². The molecule has 3 N–H and O–H groups in total. The van der Waals surface area contributed by atoms with E-state index in [-0.39, 0.29) is 11.9 Å². The predicted molar refractivity (Wildman–Crippen MR) is 40.6 cm³/mol. The van der Waals surface area contributed by atoms with Crippen LogP contribution < -0.4 is 11.2 Å². The van der Waals surface area contributed by atoms with Gasteiger partial charge < -0.3 is 5.73 Å². The smallest absolute Gasteiger partial charge is 0.239 e. The van der Waals surface area contributed by atoms with E-state index in [2.05, 4.69) is 10.5 Å². The molecule has 0 fully saturated rings. The van der Waals surface area contributed by atoms with Crippen molar-refractivity contribution in [2.24, 2.45) is 10.8 Å². The molecular formula is C6H13N3O. The van der Waals surface area contributed by atoms with E-state index in [0.717, 1.165) is 0 Å². The van der Waals surface area contributed by atoms with Crippen molar-refractivity contribution in [2.45, 2.75) is 26.3 Å². The van der Waals surface area contributed by atoms with Gasteiger partial charge in [-0.2, -0.15) is 5.10 Å². The fraction of sp³-hybridized carbons (Fsp3) is 0.667. The minimum absolute atomic E-state index is 0.100. The van der Waals surface area contributed by atoms with E-state index >= 15 is 0 Å². The molecule has 4 nitrogen and oxygen atoms in total. The Balaban J connectivity index is 3.43. The zero-order valence-electron chi connectivity index (χ0n) is 6.29. The summed E-state index contributed by atoms with van der Waals surface area (Å²) in [4.78, 5) is 10.5. The molecule has 0 heterocycles. The van der Waals surface area contributed by atoms with Gasteiger partial charge in [0.2, 0.25) is 5.91 Å². The Morgan fingerprint density at radius 2 is 2.50 bits per heavy atom. The van der Waals surface area contributed by atoms with Crippen LogP contribution in [0.25, 0.3) is 0 Å². The Bertz CT molecular complexity index is 131. The number of carbonyl (C=O) groups excluding carboxylic acids is 1. The highest BCUT2D eigenvalue weighted by Crippen LogP contribution is 1.73. The van der Waals surface area contributed by atoms with Gasteiger partial charge in [-0.25, -0.2) is 5.43 Å². The fourth-order valence-corrected chi connectivity index (χ4v) is 0.306. The van der Waals surface area contributed by atoms with Crippen molar-refractivity contribution in [1.29, 1.82) is 0 Å². The molecule has 0 rings (SSSR count). The standard InChI is InChI=1S/C6H13N3O/c1-3-6(10)9-8-4-5(2)7/h4-5H,3,7H2,1-2H3,(H,9,10). The van der Waals surface area contributed by atoms with E-state index in [0.29, 0.717) is 6.42 Å². The highest BCUT2D eigenvalue weighted by atomic mass is 16.2. The number of nitrogens with zero attached hydrogens (tertiary/aromatic N) is 1. The van der Waals surface area contributed by atoms with Crippen molar-refractivity contribution < 1.29 is 4.79 Å². The lowest BCUT2D eigenvalue weighted by molar-refractivity contribution is -0.120. The summed E-state index contributed by atoms with van der Waals surface area (Å²) in [5.74, 6) is -0.100. The first-order valence-electron chi connectivity index (χ1n) is 3.24. The van der Waals surface area contributed by atoms with Gasteiger partial charge >= 0.3 is 0 Å². The minimum atomic E-state index is -0.114. The van der Waals surface area contributed by atoms with Crippen LogP contribution in [0.3, 0.4) is 0 Å². The molecule has 4 heteroatoms. The Hall–Kier alpha value is -0.900. The third-order valence-electron chi connectivity index (χ3n) is 0.820. The van der Waals surface area contributed by atoms with Crippen LogP contribution in [0, 0.1) is 0 Å². The lowest BCUT2D eigenvalue weighted by Crippen LogP contribution is -2.21. The first-order valence-corrected chi connectivity index (χ1v) is 3.24. The lowest BCUT2D eigenvalue weighted by Gasteiger charge is -1.95.